The maximum atomic E-state index is 11.0. The van der Waals surface area contributed by atoms with Crippen molar-refractivity contribution in [2.24, 2.45) is 0 Å². The van der Waals surface area contributed by atoms with E-state index in [-0.39, 0.29) is 11.1 Å². The van der Waals surface area contributed by atoms with E-state index in [2.05, 4.69) is 11.6 Å². The molecule has 0 radical (unpaired) electrons. The van der Waals surface area contributed by atoms with E-state index in [4.69, 9.17) is 5.11 Å². The van der Waals surface area contributed by atoms with Crippen molar-refractivity contribution < 1.29 is 9.90 Å². The highest BCUT2D eigenvalue weighted by Crippen LogP contribution is 2.03. The highest BCUT2D eigenvalue weighted by atomic mass is 16.4. The Balaban J connectivity index is 3.33. The standard InChI is InChI=1S/C7H6N2O4/c1-3(6(11)12)4-2-8-7(13)9-5(4)10/h2H,1H2,(H,11,12)(H2,8,9,10,13). The van der Waals surface area contributed by atoms with Crippen LogP contribution in [0.25, 0.3) is 5.57 Å². The van der Waals surface area contributed by atoms with Gasteiger partial charge in [0.25, 0.3) is 5.56 Å². The topological polar surface area (TPSA) is 103 Å². The first-order chi connectivity index (χ1) is 6.02. The molecule has 0 amide bonds. The third kappa shape index (κ3) is 1.73. The van der Waals surface area contributed by atoms with Crippen LogP contribution in [0.5, 0.6) is 0 Å². The lowest BCUT2D eigenvalue weighted by Crippen LogP contribution is -2.25. The number of aromatic nitrogens is 2. The summed E-state index contributed by atoms with van der Waals surface area (Å²) in [4.78, 5) is 36.0. The molecule has 3 N–H and O–H groups in total. The number of aromatic amines is 2. The fraction of sp³-hybridized carbons (Fsp3) is 0. The Morgan fingerprint density at radius 3 is 2.54 bits per heavy atom. The van der Waals surface area contributed by atoms with Gasteiger partial charge in [-0.15, -0.1) is 0 Å². The van der Waals surface area contributed by atoms with Crippen LogP contribution < -0.4 is 11.2 Å². The van der Waals surface area contributed by atoms with Gasteiger partial charge in [-0.25, -0.2) is 9.59 Å². The smallest absolute Gasteiger partial charge is 0.335 e. The molecule has 13 heavy (non-hydrogen) atoms. The minimum Gasteiger partial charge on any atom is -0.478 e. The fourth-order valence-electron chi connectivity index (χ4n) is 0.749. The highest BCUT2D eigenvalue weighted by Gasteiger charge is 2.10. The lowest BCUT2D eigenvalue weighted by Gasteiger charge is -1.96. The molecule has 68 valence electrons. The van der Waals surface area contributed by atoms with Crippen molar-refractivity contribution in [3.8, 4) is 0 Å². The van der Waals surface area contributed by atoms with Gasteiger partial charge in [0.15, 0.2) is 0 Å². The Labute approximate surface area is 71.6 Å². The molecule has 0 aliphatic rings. The summed E-state index contributed by atoms with van der Waals surface area (Å²) in [6, 6.07) is 0. The van der Waals surface area contributed by atoms with E-state index < -0.39 is 17.2 Å². The van der Waals surface area contributed by atoms with Gasteiger partial charge in [-0.2, -0.15) is 0 Å². The second-order valence-corrected chi connectivity index (χ2v) is 2.27. The van der Waals surface area contributed by atoms with Gasteiger partial charge in [-0.3, -0.25) is 9.78 Å². The van der Waals surface area contributed by atoms with E-state index in [1.165, 1.54) is 0 Å². The van der Waals surface area contributed by atoms with E-state index in [0.717, 1.165) is 6.20 Å². The summed E-state index contributed by atoms with van der Waals surface area (Å²) < 4.78 is 0. The average molecular weight is 182 g/mol. The Morgan fingerprint density at radius 1 is 1.46 bits per heavy atom. The molecule has 0 saturated carbocycles. The second kappa shape index (κ2) is 3.10. The predicted molar refractivity (Wildman–Crippen MR) is 44.4 cm³/mol. The van der Waals surface area contributed by atoms with Crippen LogP contribution in [0.4, 0.5) is 0 Å². The molecule has 0 aliphatic heterocycles. The molecule has 0 atom stereocenters. The number of nitrogens with one attached hydrogen (secondary N) is 2. The highest BCUT2D eigenvalue weighted by molar-refractivity contribution is 6.14. The first-order valence-electron chi connectivity index (χ1n) is 3.27. The van der Waals surface area contributed by atoms with Crippen LogP contribution in [0.15, 0.2) is 22.4 Å². The van der Waals surface area contributed by atoms with Gasteiger partial charge >= 0.3 is 11.7 Å². The van der Waals surface area contributed by atoms with E-state index in [1.807, 2.05) is 4.98 Å². The largest absolute Gasteiger partial charge is 0.478 e. The van der Waals surface area contributed by atoms with Crippen molar-refractivity contribution in [3.05, 3.63) is 39.2 Å². The molecule has 6 nitrogen and oxygen atoms in total. The Bertz CT molecular complexity index is 468. The van der Waals surface area contributed by atoms with Gasteiger partial charge < -0.3 is 10.1 Å². The maximum absolute atomic E-state index is 11.0. The number of hydrogen-bond donors (Lipinski definition) is 3. The fourth-order valence-corrected chi connectivity index (χ4v) is 0.749. The zero-order chi connectivity index (χ0) is 10.0. The molecule has 1 aromatic heterocycles. The second-order valence-electron chi connectivity index (χ2n) is 2.27. The Kier molecular flexibility index (Phi) is 2.14. The quantitative estimate of drug-likeness (QED) is 0.519. The minimum atomic E-state index is -1.31. The molecule has 0 spiro atoms. The zero-order valence-corrected chi connectivity index (χ0v) is 6.46. The summed E-state index contributed by atoms with van der Waals surface area (Å²) in [5, 5.41) is 8.48. The number of aliphatic carboxylic acids is 1. The molecule has 0 bridgehead atoms. The number of hydrogen-bond acceptors (Lipinski definition) is 3. The molecule has 1 heterocycles. The van der Waals surface area contributed by atoms with E-state index >= 15 is 0 Å². The SMILES string of the molecule is C=C(C(=O)O)c1c[nH]c(=O)[nH]c1=O. The minimum absolute atomic E-state index is 0.160. The number of carbonyl (C=O) groups is 1. The first kappa shape index (κ1) is 8.98. The number of carboxylic acid groups (broad SMARTS) is 1. The molecule has 6 heteroatoms. The van der Waals surface area contributed by atoms with Crippen molar-refractivity contribution in [1.82, 2.24) is 9.97 Å². The Morgan fingerprint density at radius 2 is 2.08 bits per heavy atom. The normalized spacial score (nSPS) is 9.54. The molecule has 1 rings (SSSR count). The number of H-pyrrole nitrogens is 2. The van der Waals surface area contributed by atoms with Crippen LogP contribution >= 0.6 is 0 Å². The molecule has 1 aromatic rings. The van der Waals surface area contributed by atoms with Crippen molar-refractivity contribution in [2.45, 2.75) is 0 Å². The van der Waals surface area contributed by atoms with Gasteiger partial charge in [-0.05, 0) is 0 Å². The molecular formula is C7H6N2O4. The molecule has 0 fully saturated rings. The van der Waals surface area contributed by atoms with Crippen LogP contribution in [0.3, 0.4) is 0 Å². The third-order valence-electron chi connectivity index (χ3n) is 1.40. The third-order valence-corrected chi connectivity index (χ3v) is 1.40. The van der Waals surface area contributed by atoms with Gasteiger partial charge in [0.05, 0.1) is 11.1 Å². The van der Waals surface area contributed by atoms with Crippen molar-refractivity contribution in [3.63, 3.8) is 0 Å². The Hall–Kier alpha value is -2.11. The monoisotopic (exact) mass is 182 g/mol. The predicted octanol–water partition coefficient (Wildman–Crippen LogP) is -0.839. The van der Waals surface area contributed by atoms with Crippen molar-refractivity contribution >= 4 is 11.5 Å². The molecule has 0 aliphatic carbocycles. The van der Waals surface area contributed by atoms with E-state index in [9.17, 15) is 14.4 Å². The van der Waals surface area contributed by atoms with Crippen LogP contribution in [0.1, 0.15) is 5.56 Å². The van der Waals surface area contributed by atoms with Gasteiger partial charge in [0.1, 0.15) is 0 Å². The number of carboxylic acids is 1. The first-order valence-corrected chi connectivity index (χ1v) is 3.27. The van der Waals surface area contributed by atoms with Crippen molar-refractivity contribution in [2.75, 3.05) is 0 Å². The van der Waals surface area contributed by atoms with Crippen LogP contribution in [-0.4, -0.2) is 21.0 Å². The lowest BCUT2D eigenvalue weighted by atomic mass is 10.2. The molecule has 0 saturated heterocycles. The maximum Gasteiger partial charge on any atom is 0.335 e. The van der Waals surface area contributed by atoms with E-state index in [1.54, 1.807) is 0 Å². The zero-order valence-electron chi connectivity index (χ0n) is 6.46. The average Bonchev–Trinajstić information content (AvgIpc) is 2.03. The van der Waals surface area contributed by atoms with Gasteiger partial charge in [0.2, 0.25) is 0 Å². The molecular weight excluding hydrogens is 176 g/mol. The summed E-state index contributed by atoms with van der Waals surface area (Å²) in [5.41, 5.74) is -1.98. The summed E-state index contributed by atoms with van der Waals surface area (Å²) in [6.45, 7) is 3.17. The lowest BCUT2D eigenvalue weighted by molar-refractivity contribution is -0.130. The van der Waals surface area contributed by atoms with E-state index in [0.29, 0.717) is 0 Å². The molecule has 0 aromatic carbocycles. The van der Waals surface area contributed by atoms with Gasteiger partial charge in [-0.1, -0.05) is 6.58 Å². The number of rotatable bonds is 2. The molecule has 0 unspecified atom stereocenters. The van der Waals surface area contributed by atoms with Crippen LogP contribution in [0.2, 0.25) is 0 Å². The van der Waals surface area contributed by atoms with Crippen LogP contribution in [-0.2, 0) is 4.79 Å². The summed E-state index contributed by atoms with van der Waals surface area (Å²) in [5.74, 6) is -1.31. The van der Waals surface area contributed by atoms with Crippen LogP contribution in [0, 0.1) is 0 Å². The van der Waals surface area contributed by atoms with Gasteiger partial charge in [0, 0.05) is 6.20 Å². The summed E-state index contributed by atoms with van der Waals surface area (Å²) in [6.07, 6.45) is 1.01. The summed E-state index contributed by atoms with van der Waals surface area (Å²) in [7, 11) is 0. The summed E-state index contributed by atoms with van der Waals surface area (Å²) >= 11 is 0. The van der Waals surface area contributed by atoms with Crippen molar-refractivity contribution in [1.29, 1.82) is 0 Å².